The van der Waals surface area contributed by atoms with Crippen LogP contribution < -0.4 is 14.4 Å². The van der Waals surface area contributed by atoms with Gasteiger partial charge >= 0.3 is 0 Å². The molecule has 26 heavy (non-hydrogen) atoms. The minimum atomic E-state index is -3.53. The third-order valence-corrected chi connectivity index (χ3v) is 5.45. The molecule has 0 saturated heterocycles. The number of carbonyl (C=O) groups is 1. The van der Waals surface area contributed by atoms with Gasteiger partial charge in [-0.3, -0.25) is 9.10 Å². The first-order valence-corrected chi connectivity index (χ1v) is 10.1. The molecule has 0 bridgehead atoms. The normalized spacial score (nSPS) is 19.8. The fourth-order valence-corrected chi connectivity index (χ4v) is 3.73. The largest absolute Gasteiger partial charge is 0.476 e. The summed E-state index contributed by atoms with van der Waals surface area (Å²) in [5.74, 6) is 2.54. The molecule has 0 radical (unpaired) electrons. The van der Waals surface area contributed by atoms with Gasteiger partial charge in [0.1, 0.15) is 5.75 Å². The van der Waals surface area contributed by atoms with Crippen LogP contribution in [0.15, 0.2) is 34.5 Å². The quantitative estimate of drug-likeness (QED) is 0.725. The monoisotopic (exact) mass is 376 g/mol. The lowest BCUT2D eigenvalue weighted by Crippen LogP contribution is -2.50. The van der Waals surface area contributed by atoms with Crippen molar-refractivity contribution in [2.24, 2.45) is 10.2 Å². The second-order valence-corrected chi connectivity index (χ2v) is 8.20. The highest BCUT2D eigenvalue weighted by molar-refractivity contribution is 7.92. The van der Waals surface area contributed by atoms with Crippen molar-refractivity contribution >= 4 is 21.6 Å². The molecular formula is C17H20N4O4S. The van der Waals surface area contributed by atoms with Crippen LogP contribution in [0.3, 0.4) is 0 Å². The molecule has 3 rings (SSSR count). The molecule has 0 fully saturated rings. The van der Waals surface area contributed by atoms with Crippen molar-refractivity contribution in [3.8, 4) is 18.1 Å². The van der Waals surface area contributed by atoms with Crippen molar-refractivity contribution in [1.82, 2.24) is 5.32 Å². The number of rotatable bonds is 7. The number of nitrogens with one attached hydrogen (secondary N) is 1. The number of para-hydroxylation sites is 2. The molecule has 2 aliphatic heterocycles. The number of benzene rings is 1. The van der Waals surface area contributed by atoms with E-state index >= 15 is 0 Å². The summed E-state index contributed by atoms with van der Waals surface area (Å²) in [5, 5.41) is 10.8. The molecule has 9 heteroatoms. The number of hydrogen-bond acceptors (Lipinski definition) is 6. The van der Waals surface area contributed by atoms with E-state index in [0.29, 0.717) is 37.2 Å². The third-order valence-electron chi connectivity index (χ3n) is 4.30. The molecule has 2 aliphatic rings. The lowest BCUT2D eigenvalue weighted by molar-refractivity contribution is -0.127. The van der Waals surface area contributed by atoms with E-state index in [4.69, 9.17) is 11.2 Å². The van der Waals surface area contributed by atoms with Crippen molar-refractivity contribution in [1.29, 1.82) is 0 Å². The smallest absolute Gasteiger partial charge is 0.263 e. The van der Waals surface area contributed by atoms with Gasteiger partial charge in [0.05, 0.1) is 18.5 Å². The van der Waals surface area contributed by atoms with Gasteiger partial charge in [-0.1, -0.05) is 12.1 Å². The maximum atomic E-state index is 12.4. The Balaban J connectivity index is 1.61. The first-order chi connectivity index (χ1) is 12.3. The van der Waals surface area contributed by atoms with Crippen LogP contribution in [0, 0.1) is 12.3 Å². The lowest BCUT2D eigenvalue weighted by atomic mass is 10.0. The van der Waals surface area contributed by atoms with Crippen molar-refractivity contribution in [3.63, 3.8) is 0 Å². The summed E-state index contributed by atoms with van der Waals surface area (Å²) >= 11 is 0. The topological polar surface area (TPSA) is 100 Å². The predicted molar refractivity (Wildman–Crippen MR) is 96.3 cm³/mol. The van der Waals surface area contributed by atoms with Crippen LogP contribution in [0.2, 0.25) is 0 Å². The Morgan fingerprint density at radius 3 is 2.81 bits per heavy atom. The second kappa shape index (κ2) is 6.96. The van der Waals surface area contributed by atoms with Gasteiger partial charge in [0.2, 0.25) is 10.0 Å². The van der Waals surface area contributed by atoms with Gasteiger partial charge in [0.25, 0.3) is 5.91 Å². The van der Waals surface area contributed by atoms with Crippen LogP contribution in [-0.4, -0.2) is 45.4 Å². The third kappa shape index (κ3) is 3.96. The molecule has 2 heterocycles. The summed E-state index contributed by atoms with van der Waals surface area (Å²) in [6.45, 7) is 0.287. The molecule has 1 unspecified atom stereocenters. The van der Waals surface area contributed by atoms with Crippen molar-refractivity contribution in [3.05, 3.63) is 24.3 Å². The Kier molecular flexibility index (Phi) is 4.87. The molecular weight excluding hydrogens is 356 g/mol. The van der Waals surface area contributed by atoms with E-state index in [0.717, 1.165) is 6.26 Å². The van der Waals surface area contributed by atoms with Gasteiger partial charge in [0.15, 0.2) is 11.8 Å². The Hall–Kier alpha value is -2.60. The average molecular weight is 376 g/mol. The van der Waals surface area contributed by atoms with Crippen LogP contribution >= 0.6 is 0 Å². The van der Waals surface area contributed by atoms with E-state index < -0.39 is 21.8 Å². The molecule has 0 spiro atoms. The van der Waals surface area contributed by atoms with Crippen LogP contribution in [0.25, 0.3) is 0 Å². The van der Waals surface area contributed by atoms with Gasteiger partial charge in [-0.05, 0) is 12.1 Å². The van der Waals surface area contributed by atoms with E-state index in [1.54, 1.807) is 24.3 Å². The zero-order valence-corrected chi connectivity index (χ0v) is 15.2. The van der Waals surface area contributed by atoms with Gasteiger partial charge in [-0.15, -0.1) is 12.3 Å². The van der Waals surface area contributed by atoms with Crippen LogP contribution in [0.4, 0.5) is 5.69 Å². The summed E-state index contributed by atoms with van der Waals surface area (Å²) in [5.41, 5.74) is -0.0405. The predicted octanol–water partition coefficient (Wildman–Crippen LogP) is 1.30. The zero-order valence-electron chi connectivity index (χ0n) is 14.4. The average Bonchev–Trinajstić information content (AvgIpc) is 3.38. The van der Waals surface area contributed by atoms with Crippen LogP contribution in [0.1, 0.15) is 19.3 Å². The summed E-state index contributed by atoms with van der Waals surface area (Å²) in [6, 6.07) is 6.74. The standard InChI is InChI=1S/C17H20N4O4S/c1-3-4-9-17(19-20-17)10-11-18-16(22)15-12-21(26(2,23)24)13-7-5-6-8-14(13)25-15/h1,5-8,15H,4,9-12H2,2H3,(H,18,22). The molecule has 1 N–H and O–H groups in total. The van der Waals surface area contributed by atoms with E-state index in [1.807, 2.05) is 0 Å². The van der Waals surface area contributed by atoms with Gasteiger partial charge < -0.3 is 10.1 Å². The Morgan fingerprint density at radius 1 is 1.42 bits per heavy atom. The molecule has 1 amide bonds. The number of carbonyl (C=O) groups excluding carboxylic acids is 1. The van der Waals surface area contributed by atoms with E-state index in [-0.39, 0.29) is 12.5 Å². The summed E-state index contributed by atoms with van der Waals surface area (Å²) in [6.07, 6.45) is 7.23. The Bertz CT molecular complexity index is 869. The second-order valence-electron chi connectivity index (χ2n) is 6.30. The zero-order chi connectivity index (χ0) is 18.8. The molecule has 1 atom stereocenters. The summed E-state index contributed by atoms with van der Waals surface area (Å²) in [7, 11) is -3.53. The summed E-state index contributed by atoms with van der Waals surface area (Å²) in [4.78, 5) is 12.4. The number of ether oxygens (including phenoxy) is 1. The van der Waals surface area contributed by atoms with E-state index in [2.05, 4.69) is 21.5 Å². The molecule has 0 saturated carbocycles. The van der Waals surface area contributed by atoms with Gasteiger partial charge in [0, 0.05) is 25.8 Å². The molecule has 1 aromatic carbocycles. The fraction of sp³-hybridized carbons (Fsp3) is 0.471. The molecule has 1 aromatic rings. The van der Waals surface area contributed by atoms with Crippen LogP contribution in [-0.2, 0) is 14.8 Å². The molecule has 8 nitrogen and oxygen atoms in total. The number of nitrogens with zero attached hydrogens (tertiary/aromatic N) is 3. The molecule has 0 aliphatic carbocycles. The van der Waals surface area contributed by atoms with Gasteiger partial charge in [-0.25, -0.2) is 8.42 Å². The Morgan fingerprint density at radius 2 is 2.15 bits per heavy atom. The SMILES string of the molecule is C#CCCC1(CCNC(=O)C2CN(S(C)(=O)=O)c3ccccc3O2)N=N1. The van der Waals surface area contributed by atoms with E-state index in [1.165, 1.54) is 4.31 Å². The maximum Gasteiger partial charge on any atom is 0.263 e. The minimum Gasteiger partial charge on any atom is -0.476 e. The van der Waals surface area contributed by atoms with Crippen molar-refractivity contribution < 1.29 is 17.9 Å². The summed E-state index contributed by atoms with van der Waals surface area (Å²) < 4.78 is 31.0. The number of hydrogen-bond donors (Lipinski definition) is 1. The first-order valence-electron chi connectivity index (χ1n) is 8.23. The van der Waals surface area contributed by atoms with Crippen molar-refractivity contribution in [2.75, 3.05) is 23.7 Å². The number of anilines is 1. The number of amides is 1. The van der Waals surface area contributed by atoms with E-state index in [9.17, 15) is 13.2 Å². The molecule has 0 aromatic heterocycles. The lowest BCUT2D eigenvalue weighted by Gasteiger charge is -2.33. The minimum absolute atomic E-state index is 0.0708. The van der Waals surface area contributed by atoms with Crippen molar-refractivity contribution in [2.45, 2.75) is 31.0 Å². The van der Waals surface area contributed by atoms with Crippen LogP contribution in [0.5, 0.6) is 5.75 Å². The maximum absolute atomic E-state index is 12.4. The molecule has 138 valence electrons. The van der Waals surface area contributed by atoms with Gasteiger partial charge in [-0.2, -0.15) is 10.2 Å². The fourth-order valence-electron chi connectivity index (χ4n) is 2.82. The first kappa shape index (κ1) is 18.2. The highest BCUT2D eigenvalue weighted by Gasteiger charge is 2.39. The highest BCUT2D eigenvalue weighted by Crippen LogP contribution is 2.36. The number of terminal acetylenes is 1. The number of sulfonamides is 1. The number of fused-ring (bicyclic) bond motifs is 1. The Labute approximate surface area is 152 Å². The highest BCUT2D eigenvalue weighted by atomic mass is 32.2.